The lowest BCUT2D eigenvalue weighted by Crippen LogP contribution is -2.25. The van der Waals surface area contributed by atoms with E-state index in [1.165, 1.54) is 0 Å². The van der Waals surface area contributed by atoms with Crippen molar-refractivity contribution in [3.8, 4) is 11.5 Å². The molecule has 0 unspecified atom stereocenters. The molecule has 0 amide bonds. The number of aliphatic hydroxyl groups is 1. The first-order chi connectivity index (χ1) is 12.0. The fraction of sp³-hybridized carbons (Fsp3) is 0.450. The lowest BCUT2D eigenvalue weighted by Gasteiger charge is -2.25. The van der Waals surface area contributed by atoms with Gasteiger partial charge < -0.3 is 14.6 Å². The van der Waals surface area contributed by atoms with Gasteiger partial charge in [-0.3, -0.25) is 9.88 Å². The van der Waals surface area contributed by atoms with Crippen molar-refractivity contribution in [1.82, 2.24) is 9.88 Å². The van der Waals surface area contributed by atoms with Gasteiger partial charge in [-0.25, -0.2) is 0 Å². The van der Waals surface area contributed by atoms with E-state index in [-0.39, 0.29) is 12.1 Å². The van der Waals surface area contributed by atoms with Crippen molar-refractivity contribution in [2.45, 2.75) is 39.0 Å². The normalized spacial score (nSPS) is 20.7. The zero-order valence-corrected chi connectivity index (χ0v) is 15.3. The second-order valence-corrected chi connectivity index (χ2v) is 6.66. The molecule has 2 heterocycles. The molecule has 1 aromatic carbocycles. The number of β-amino-alcohol motifs (C(OH)–C–C–N with tert-alkyl or cyclic N) is 1. The monoisotopic (exact) mass is 342 g/mol. The number of methoxy groups -OCH3 is 2. The van der Waals surface area contributed by atoms with Crippen molar-refractivity contribution in [2.75, 3.05) is 20.8 Å². The minimum Gasteiger partial charge on any atom is -0.497 e. The van der Waals surface area contributed by atoms with Crippen molar-refractivity contribution in [1.29, 1.82) is 0 Å². The Labute approximate surface area is 149 Å². The maximum absolute atomic E-state index is 10.2. The summed E-state index contributed by atoms with van der Waals surface area (Å²) in [6, 6.07) is 8.23. The third kappa shape index (κ3) is 3.62. The molecule has 0 saturated carbocycles. The van der Waals surface area contributed by atoms with Gasteiger partial charge in [0.05, 0.1) is 26.0 Å². The quantitative estimate of drug-likeness (QED) is 0.905. The van der Waals surface area contributed by atoms with Crippen molar-refractivity contribution >= 4 is 0 Å². The van der Waals surface area contributed by atoms with Gasteiger partial charge in [0.15, 0.2) is 0 Å². The average molecular weight is 342 g/mol. The predicted octanol–water partition coefficient (Wildman–Crippen LogP) is 3.02. The summed E-state index contributed by atoms with van der Waals surface area (Å²) in [5.41, 5.74) is 4.25. The molecule has 1 aromatic heterocycles. The summed E-state index contributed by atoms with van der Waals surface area (Å²) in [4.78, 5) is 6.89. The lowest BCUT2D eigenvalue weighted by atomic mass is 10.0. The van der Waals surface area contributed by atoms with Crippen LogP contribution in [0.4, 0.5) is 0 Å². The Morgan fingerprint density at radius 3 is 2.76 bits per heavy atom. The molecular formula is C20H26N2O3. The van der Waals surface area contributed by atoms with Crippen LogP contribution in [-0.2, 0) is 6.54 Å². The van der Waals surface area contributed by atoms with Crippen LogP contribution in [-0.4, -0.2) is 41.9 Å². The molecule has 25 heavy (non-hydrogen) atoms. The van der Waals surface area contributed by atoms with Gasteiger partial charge in [0.2, 0.25) is 0 Å². The van der Waals surface area contributed by atoms with E-state index in [1.807, 2.05) is 38.2 Å². The van der Waals surface area contributed by atoms with Crippen molar-refractivity contribution < 1.29 is 14.6 Å². The van der Waals surface area contributed by atoms with E-state index in [2.05, 4.69) is 16.0 Å². The van der Waals surface area contributed by atoms with Crippen LogP contribution in [0.2, 0.25) is 0 Å². The van der Waals surface area contributed by atoms with E-state index in [0.29, 0.717) is 13.1 Å². The highest BCUT2D eigenvalue weighted by Crippen LogP contribution is 2.35. The van der Waals surface area contributed by atoms with Gasteiger partial charge in [0.1, 0.15) is 11.5 Å². The standard InChI is InChI=1S/C20H26N2O3/c1-13-10-21-18(14(2)20(13)25-4)12-22-11-16(23)9-19(22)15-6-5-7-17(8-15)24-3/h5-8,10,16,19,23H,9,11-12H2,1-4H3/t16-,19+/m1/s1. The number of aryl methyl sites for hydroxylation is 1. The summed E-state index contributed by atoms with van der Waals surface area (Å²) in [6.45, 7) is 5.36. The molecule has 0 spiro atoms. The molecule has 2 aromatic rings. The SMILES string of the molecule is COc1cccc([C@@H]2C[C@@H](O)CN2Cc2ncc(C)c(OC)c2C)c1. The number of likely N-dealkylation sites (tertiary alicyclic amines) is 1. The molecule has 1 aliphatic heterocycles. The molecular weight excluding hydrogens is 316 g/mol. The molecule has 5 heteroatoms. The maximum Gasteiger partial charge on any atom is 0.128 e. The van der Waals surface area contributed by atoms with E-state index in [9.17, 15) is 5.11 Å². The third-order valence-corrected chi connectivity index (χ3v) is 4.96. The van der Waals surface area contributed by atoms with Crippen LogP contribution >= 0.6 is 0 Å². The number of rotatable bonds is 5. The number of nitrogens with zero attached hydrogens (tertiary/aromatic N) is 2. The summed E-state index contributed by atoms with van der Waals surface area (Å²) in [6.07, 6.45) is 2.24. The Hall–Kier alpha value is -2.11. The van der Waals surface area contributed by atoms with E-state index < -0.39 is 0 Å². The molecule has 3 rings (SSSR count). The largest absolute Gasteiger partial charge is 0.497 e. The number of hydrogen-bond acceptors (Lipinski definition) is 5. The first kappa shape index (κ1) is 17.7. The predicted molar refractivity (Wildman–Crippen MR) is 97.0 cm³/mol. The van der Waals surface area contributed by atoms with Gasteiger partial charge >= 0.3 is 0 Å². The number of benzene rings is 1. The Morgan fingerprint density at radius 1 is 1.24 bits per heavy atom. The highest BCUT2D eigenvalue weighted by molar-refractivity contribution is 5.41. The summed E-state index contributed by atoms with van der Waals surface area (Å²) < 4.78 is 10.9. The third-order valence-electron chi connectivity index (χ3n) is 4.96. The molecule has 0 aliphatic carbocycles. The van der Waals surface area contributed by atoms with Crippen molar-refractivity contribution in [3.05, 3.63) is 52.8 Å². The van der Waals surface area contributed by atoms with Gasteiger partial charge in [0, 0.05) is 36.5 Å². The van der Waals surface area contributed by atoms with Gasteiger partial charge in [0.25, 0.3) is 0 Å². The molecule has 2 atom stereocenters. The fourth-order valence-electron chi connectivity index (χ4n) is 3.67. The number of hydrogen-bond donors (Lipinski definition) is 1. The van der Waals surface area contributed by atoms with Crippen LogP contribution < -0.4 is 9.47 Å². The summed E-state index contributed by atoms with van der Waals surface area (Å²) >= 11 is 0. The first-order valence-electron chi connectivity index (χ1n) is 8.58. The van der Waals surface area contributed by atoms with Gasteiger partial charge in [-0.2, -0.15) is 0 Å². The number of pyridine rings is 1. The van der Waals surface area contributed by atoms with E-state index in [4.69, 9.17) is 9.47 Å². The van der Waals surface area contributed by atoms with E-state index in [0.717, 1.165) is 40.3 Å². The number of aliphatic hydroxyl groups excluding tert-OH is 1. The summed E-state index contributed by atoms with van der Waals surface area (Å²) in [5.74, 6) is 1.73. The van der Waals surface area contributed by atoms with Gasteiger partial charge in [-0.1, -0.05) is 12.1 Å². The first-order valence-corrected chi connectivity index (χ1v) is 8.58. The van der Waals surface area contributed by atoms with Crippen molar-refractivity contribution in [3.63, 3.8) is 0 Å². The van der Waals surface area contributed by atoms with Crippen LogP contribution in [0.1, 0.15) is 34.8 Å². The minimum absolute atomic E-state index is 0.151. The van der Waals surface area contributed by atoms with Gasteiger partial charge in [-0.15, -0.1) is 0 Å². The molecule has 1 saturated heterocycles. The Morgan fingerprint density at radius 2 is 2.04 bits per heavy atom. The van der Waals surface area contributed by atoms with Crippen molar-refractivity contribution in [2.24, 2.45) is 0 Å². The second-order valence-electron chi connectivity index (χ2n) is 6.66. The Bertz CT molecular complexity index is 748. The van der Waals surface area contributed by atoms with Crippen LogP contribution in [0.25, 0.3) is 0 Å². The van der Waals surface area contributed by atoms with Gasteiger partial charge in [-0.05, 0) is 38.0 Å². The van der Waals surface area contributed by atoms with E-state index >= 15 is 0 Å². The second kappa shape index (κ2) is 7.42. The molecule has 5 nitrogen and oxygen atoms in total. The van der Waals surface area contributed by atoms with Crippen LogP contribution in [0.15, 0.2) is 30.5 Å². The zero-order chi connectivity index (χ0) is 18.0. The van der Waals surface area contributed by atoms with Crippen LogP contribution in [0, 0.1) is 13.8 Å². The summed E-state index contributed by atoms with van der Waals surface area (Å²) in [5, 5.41) is 10.2. The molecule has 0 bridgehead atoms. The Balaban J connectivity index is 1.88. The molecule has 134 valence electrons. The molecule has 1 aliphatic rings. The lowest BCUT2D eigenvalue weighted by molar-refractivity contribution is 0.172. The summed E-state index contributed by atoms with van der Waals surface area (Å²) in [7, 11) is 3.37. The fourth-order valence-corrected chi connectivity index (χ4v) is 3.67. The smallest absolute Gasteiger partial charge is 0.128 e. The molecule has 1 N–H and O–H groups in total. The zero-order valence-electron chi connectivity index (χ0n) is 15.3. The minimum atomic E-state index is -0.330. The Kier molecular flexibility index (Phi) is 5.25. The van der Waals surface area contributed by atoms with E-state index in [1.54, 1.807) is 14.2 Å². The van der Waals surface area contributed by atoms with Crippen LogP contribution in [0.5, 0.6) is 11.5 Å². The molecule has 0 radical (unpaired) electrons. The number of aromatic nitrogens is 1. The average Bonchev–Trinajstić information content (AvgIpc) is 2.98. The number of ether oxygens (including phenoxy) is 2. The molecule has 1 fully saturated rings. The highest BCUT2D eigenvalue weighted by atomic mass is 16.5. The maximum atomic E-state index is 10.2. The topological polar surface area (TPSA) is 54.8 Å². The van der Waals surface area contributed by atoms with Crippen LogP contribution in [0.3, 0.4) is 0 Å². The highest BCUT2D eigenvalue weighted by Gasteiger charge is 2.33.